The molecule has 1 amide bonds. The number of amides is 1. The molecule has 0 saturated carbocycles. The highest BCUT2D eigenvalue weighted by atomic mass is 16.5. The van der Waals surface area contributed by atoms with Crippen LogP contribution in [0.3, 0.4) is 0 Å². The van der Waals surface area contributed by atoms with Gasteiger partial charge in [0.2, 0.25) is 0 Å². The molecule has 0 spiro atoms. The van der Waals surface area contributed by atoms with Gasteiger partial charge in [0.25, 0.3) is 5.91 Å². The largest absolute Gasteiger partial charge is 0.490 e. The van der Waals surface area contributed by atoms with E-state index in [0.29, 0.717) is 0 Å². The first-order valence-corrected chi connectivity index (χ1v) is 11.6. The van der Waals surface area contributed by atoms with Crippen LogP contribution in [0.4, 0.5) is 0 Å². The molecule has 2 unspecified atom stereocenters. The number of carbonyl (C=O) groups is 1. The predicted octanol–water partition coefficient (Wildman–Crippen LogP) is 5.89. The van der Waals surface area contributed by atoms with Crippen LogP contribution in [0, 0.1) is 0 Å². The maximum absolute atomic E-state index is 13.8. The third-order valence-corrected chi connectivity index (χ3v) is 6.79. The molecule has 166 valence electrons. The van der Waals surface area contributed by atoms with Crippen LogP contribution in [-0.2, 0) is 10.8 Å². The van der Waals surface area contributed by atoms with Crippen molar-refractivity contribution in [2.45, 2.75) is 96.2 Å². The number of rotatable bonds is 3. The zero-order chi connectivity index (χ0) is 22.4. The minimum Gasteiger partial charge on any atom is -0.490 e. The molecule has 1 aromatic heterocycles. The zero-order valence-corrected chi connectivity index (χ0v) is 19.8. The Kier molecular flexibility index (Phi) is 5.61. The molecular formula is C27H36N2O2. The van der Waals surface area contributed by atoms with Crippen LogP contribution >= 0.6 is 0 Å². The third-order valence-electron chi connectivity index (χ3n) is 6.79. The summed E-state index contributed by atoms with van der Waals surface area (Å²) in [5, 5.41) is 0. The first kappa shape index (κ1) is 21.9. The van der Waals surface area contributed by atoms with E-state index in [-0.39, 0.29) is 34.9 Å². The lowest BCUT2D eigenvalue weighted by Gasteiger charge is -2.39. The van der Waals surface area contributed by atoms with Crippen LogP contribution in [0.1, 0.15) is 88.7 Å². The number of hydrogen-bond donors (Lipinski definition) is 0. The molecule has 4 rings (SSSR count). The zero-order valence-electron chi connectivity index (χ0n) is 19.8. The molecule has 4 nitrogen and oxygen atoms in total. The van der Waals surface area contributed by atoms with Crippen LogP contribution < -0.4 is 4.74 Å². The van der Waals surface area contributed by atoms with Gasteiger partial charge >= 0.3 is 0 Å². The van der Waals surface area contributed by atoms with Crippen molar-refractivity contribution in [1.29, 1.82) is 0 Å². The van der Waals surface area contributed by atoms with Crippen LogP contribution in [-0.4, -0.2) is 34.0 Å². The average Bonchev–Trinajstić information content (AvgIpc) is 2.97. The highest BCUT2D eigenvalue weighted by molar-refractivity contribution is 5.95. The Bertz CT molecular complexity index is 894. The number of hydrogen-bond acceptors (Lipinski definition) is 3. The molecule has 31 heavy (non-hydrogen) atoms. The molecule has 3 heterocycles. The van der Waals surface area contributed by atoms with Crippen molar-refractivity contribution in [2.24, 2.45) is 0 Å². The van der Waals surface area contributed by atoms with E-state index in [0.717, 1.165) is 37.0 Å². The van der Waals surface area contributed by atoms with Crippen molar-refractivity contribution in [3.8, 4) is 5.75 Å². The normalized spacial score (nSPS) is 23.7. The summed E-state index contributed by atoms with van der Waals surface area (Å²) in [6.45, 7) is 13.3. The quantitative estimate of drug-likeness (QED) is 0.622. The lowest BCUT2D eigenvalue weighted by atomic mass is 9.79. The van der Waals surface area contributed by atoms with Crippen molar-refractivity contribution >= 4 is 5.91 Å². The lowest BCUT2D eigenvalue weighted by Crippen LogP contribution is -2.49. The molecule has 0 radical (unpaired) electrons. The molecule has 2 saturated heterocycles. The SMILES string of the molecule is CC(C)(C)c1cc(C(=O)N2C3CCC2CC(Oc2ccncc2)C3)cc(C(C)(C)C)c1. The summed E-state index contributed by atoms with van der Waals surface area (Å²) in [4.78, 5) is 20.0. The number of fused-ring (bicyclic) bond motifs is 2. The molecule has 2 aromatic rings. The van der Waals surface area contributed by atoms with Crippen LogP contribution in [0.2, 0.25) is 0 Å². The van der Waals surface area contributed by atoms with Crippen molar-refractivity contribution in [3.63, 3.8) is 0 Å². The molecule has 2 aliphatic heterocycles. The maximum Gasteiger partial charge on any atom is 0.254 e. The number of carbonyl (C=O) groups excluding carboxylic acids is 1. The Balaban J connectivity index is 1.58. The van der Waals surface area contributed by atoms with Gasteiger partial charge in [0, 0.05) is 42.9 Å². The Morgan fingerprint density at radius 2 is 1.42 bits per heavy atom. The van der Waals surface area contributed by atoms with Gasteiger partial charge in [-0.05, 0) is 59.1 Å². The second-order valence-corrected chi connectivity index (χ2v) is 11.3. The predicted molar refractivity (Wildman–Crippen MR) is 125 cm³/mol. The maximum atomic E-state index is 13.8. The number of benzene rings is 1. The molecule has 0 N–H and O–H groups in total. The molecule has 2 fully saturated rings. The van der Waals surface area contributed by atoms with Crippen molar-refractivity contribution in [1.82, 2.24) is 9.88 Å². The molecule has 2 bridgehead atoms. The van der Waals surface area contributed by atoms with E-state index in [2.05, 4.69) is 69.6 Å². The minimum atomic E-state index is 0.000641. The van der Waals surface area contributed by atoms with Gasteiger partial charge in [-0.3, -0.25) is 9.78 Å². The number of pyridine rings is 1. The third kappa shape index (κ3) is 4.63. The average molecular weight is 421 g/mol. The summed E-state index contributed by atoms with van der Waals surface area (Å²) in [5.74, 6) is 1.05. The number of nitrogens with zero attached hydrogens (tertiary/aromatic N) is 2. The first-order valence-electron chi connectivity index (χ1n) is 11.6. The van der Waals surface area contributed by atoms with Gasteiger partial charge in [-0.1, -0.05) is 47.6 Å². The molecule has 1 aromatic carbocycles. The summed E-state index contributed by atoms with van der Waals surface area (Å²) in [7, 11) is 0. The van der Waals surface area contributed by atoms with Crippen molar-refractivity contribution in [3.05, 3.63) is 59.4 Å². The fourth-order valence-corrected chi connectivity index (χ4v) is 4.93. The number of aromatic nitrogens is 1. The van der Waals surface area contributed by atoms with Gasteiger partial charge < -0.3 is 9.64 Å². The van der Waals surface area contributed by atoms with Crippen LogP contribution in [0.15, 0.2) is 42.7 Å². The smallest absolute Gasteiger partial charge is 0.254 e. The van der Waals surface area contributed by atoms with E-state index in [1.807, 2.05) is 12.1 Å². The topological polar surface area (TPSA) is 42.4 Å². The van der Waals surface area contributed by atoms with Gasteiger partial charge in [0.1, 0.15) is 11.9 Å². The fraction of sp³-hybridized carbons (Fsp3) is 0.556. The monoisotopic (exact) mass is 420 g/mol. The van der Waals surface area contributed by atoms with E-state index < -0.39 is 0 Å². The summed E-state index contributed by atoms with van der Waals surface area (Å²) < 4.78 is 6.22. The molecule has 0 aliphatic carbocycles. The lowest BCUT2D eigenvalue weighted by molar-refractivity contribution is 0.0358. The molecular weight excluding hydrogens is 384 g/mol. The van der Waals surface area contributed by atoms with E-state index in [1.165, 1.54) is 11.1 Å². The Morgan fingerprint density at radius 1 is 0.903 bits per heavy atom. The van der Waals surface area contributed by atoms with Gasteiger partial charge in [0.05, 0.1) is 0 Å². The second-order valence-electron chi connectivity index (χ2n) is 11.3. The Hall–Kier alpha value is -2.36. The minimum absolute atomic E-state index is 0.000641. The molecule has 2 aliphatic rings. The van der Waals surface area contributed by atoms with Crippen molar-refractivity contribution in [2.75, 3.05) is 0 Å². The van der Waals surface area contributed by atoms with E-state index in [1.54, 1.807) is 12.4 Å². The van der Waals surface area contributed by atoms with Crippen LogP contribution in [0.5, 0.6) is 5.75 Å². The fourth-order valence-electron chi connectivity index (χ4n) is 4.93. The van der Waals surface area contributed by atoms with Gasteiger partial charge in [0.15, 0.2) is 0 Å². The van der Waals surface area contributed by atoms with Gasteiger partial charge in [-0.25, -0.2) is 0 Å². The Labute approximate surface area is 187 Å². The van der Waals surface area contributed by atoms with Gasteiger partial charge in [-0.2, -0.15) is 0 Å². The molecule has 2 atom stereocenters. The summed E-state index contributed by atoms with van der Waals surface area (Å²) >= 11 is 0. The van der Waals surface area contributed by atoms with Crippen molar-refractivity contribution < 1.29 is 9.53 Å². The summed E-state index contributed by atoms with van der Waals surface area (Å²) in [5.41, 5.74) is 3.29. The van der Waals surface area contributed by atoms with E-state index >= 15 is 0 Å². The second kappa shape index (κ2) is 7.96. The Morgan fingerprint density at radius 3 is 1.90 bits per heavy atom. The summed E-state index contributed by atoms with van der Waals surface area (Å²) in [6, 6.07) is 10.9. The van der Waals surface area contributed by atoms with Gasteiger partial charge in [-0.15, -0.1) is 0 Å². The van der Waals surface area contributed by atoms with E-state index in [4.69, 9.17) is 4.74 Å². The summed E-state index contributed by atoms with van der Waals surface area (Å²) in [6.07, 6.45) is 7.62. The van der Waals surface area contributed by atoms with E-state index in [9.17, 15) is 4.79 Å². The first-order chi connectivity index (χ1) is 14.5. The molecule has 4 heteroatoms. The highest BCUT2D eigenvalue weighted by Gasteiger charge is 2.44. The van der Waals surface area contributed by atoms with Crippen LogP contribution in [0.25, 0.3) is 0 Å². The standard InChI is InChI=1S/C27H36N2O2/c1-26(2,3)19-13-18(14-20(15-19)27(4,5)6)25(30)29-21-7-8-22(29)17-24(16-21)31-23-9-11-28-12-10-23/h9-15,21-22,24H,7-8,16-17H2,1-6H3. The number of ether oxygens (including phenoxy) is 1. The highest BCUT2D eigenvalue weighted by Crippen LogP contribution is 2.39. The number of piperidine rings is 1.